The van der Waals surface area contributed by atoms with Gasteiger partial charge in [-0.25, -0.2) is 4.68 Å². The Kier molecular flexibility index (Phi) is 3.66. The zero-order chi connectivity index (χ0) is 13.0. The first kappa shape index (κ1) is 12.2. The first-order valence-electron chi connectivity index (χ1n) is 5.74. The van der Waals surface area contributed by atoms with E-state index < -0.39 is 0 Å². The molecule has 18 heavy (non-hydrogen) atoms. The van der Waals surface area contributed by atoms with Gasteiger partial charge in [0.2, 0.25) is 0 Å². The lowest BCUT2D eigenvalue weighted by atomic mass is 10.3. The number of hydrogen-bond acceptors (Lipinski definition) is 6. The van der Waals surface area contributed by atoms with Crippen molar-refractivity contribution in [2.45, 2.75) is 13.0 Å². The number of rotatable bonds is 3. The van der Waals surface area contributed by atoms with E-state index in [4.69, 9.17) is 21.0 Å². The van der Waals surface area contributed by atoms with Crippen molar-refractivity contribution in [1.82, 2.24) is 9.78 Å². The predicted molar refractivity (Wildman–Crippen MR) is 64.6 cm³/mol. The lowest BCUT2D eigenvalue weighted by Gasteiger charge is -2.26. The van der Waals surface area contributed by atoms with Gasteiger partial charge in [-0.05, 0) is 0 Å². The predicted octanol–water partition coefficient (Wildman–Crippen LogP) is 0.0873. The lowest BCUT2D eigenvalue weighted by molar-refractivity contribution is 0.122. The van der Waals surface area contributed by atoms with Crippen molar-refractivity contribution in [3.63, 3.8) is 0 Å². The average molecular weight is 246 g/mol. The Morgan fingerprint density at radius 1 is 1.33 bits per heavy atom. The molecular weight excluding hydrogens is 232 g/mol. The Bertz CT molecular complexity index is 503. The quantitative estimate of drug-likeness (QED) is 0.810. The molecule has 1 aromatic heterocycles. The van der Waals surface area contributed by atoms with E-state index in [1.165, 1.54) is 4.68 Å². The fourth-order valence-electron chi connectivity index (χ4n) is 1.89. The number of aryl methyl sites for hydroxylation is 1. The number of morpholine rings is 1. The third kappa shape index (κ3) is 2.22. The minimum absolute atomic E-state index is 0.319. The first-order valence-corrected chi connectivity index (χ1v) is 5.74. The lowest BCUT2D eigenvalue weighted by Crippen LogP contribution is -2.37. The van der Waals surface area contributed by atoms with Crippen molar-refractivity contribution < 1.29 is 4.74 Å². The molecule has 0 radical (unpaired) electrons. The van der Waals surface area contributed by atoms with Gasteiger partial charge in [-0.15, -0.1) is 0 Å². The maximum Gasteiger partial charge on any atom is 0.171 e. The van der Waals surface area contributed by atoms with Crippen LogP contribution in [0.5, 0.6) is 0 Å². The van der Waals surface area contributed by atoms with Gasteiger partial charge in [0.15, 0.2) is 5.82 Å². The van der Waals surface area contributed by atoms with Crippen LogP contribution in [0.1, 0.15) is 12.0 Å². The van der Waals surface area contributed by atoms with E-state index in [0.29, 0.717) is 56.5 Å². The molecule has 0 spiro atoms. The molecule has 1 fully saturated rings. The fraction of sp³-hybridized carbons (Fsp3) is 0.545. The number of ether oxygens (including phenoxy) is 1. The van der Waals surface area contributed by atoms with Crippen molar-refractivity contribution in [2.75, 3.05) is 36.9 Å². The van der Waals surface area contributed by atoms with Crippen LogP contribution in [0.2, 0.25) is 0 Å². The molecule has 1 aliphatic rings. The summed E-state index contributed by atoms with van der Waals surface area (Å²) in [7, 11) is 0. The minimum Gasteiger partial charge on any atom is -0.383 e. The highest BCUT2D eigenvalue weighted by molar-refractivity contribution is 5.65. The number of nitriles is 2. The molecule has 7 heteroatoms. The second-order valence-corrected chi connectivity index (χ2v) is 3.93. The second kappa shape index (κ2) is 5.39. The minimum atomic E-state index is 0.319. The van der Waals surface area contributed by atoms with Crippen molar-refractivity contribution >= 4 is 11.6 Å². The summed E-state index contributed by atoms with van der Waals surface area (Å²) in [6.07, 6.45) is 0.319. The number of aromatic nitrogens is 2. The highest BCUT2D eigenvalue weighted by Crippen LogP contribution is 2.25. The summed E-state index contributed by atoms with van der Waals surface area (Å²) >= 11 is 0. The van der Waals surface area contributed by atoms with Crippen LogP contribution >= 0.6 is 0 Å². The van der Waals surface area contributed by atoms with Crippen LogP contribution in [0, 0.1) is 22.7 Å². The molecule has 0 unspecified atom stereocenters. The molecule has 0 aromatic carbocycles. The molecule has 2 rings (SSSR count). The van der Waals surface area contributed by atoms with E-state index in [0.717, 1.165) is 0 Å². The zero-order valence-electron chi connectivity index (χ0n) is 9.96. The van der Waals surface area contributed by atoms with Crippen molar-refractivity contribution in [3.8, 4) is 12.1 Å². The maximum atomic E-state index is 9.16. The zero-order valence-corrected chi connectivity index (χ0v) is 9.96. The van der Waals surface area contributed by atoms with Gasteiger partial charge >= 0.3 is 0 Å². The van der Waals surface area contributed by atoms with Gasteiger partial charge in [-0.3, -0.25) is 0 Å². The highest BCUT2D eigenvalue weighted by atomic mass is 16.5. The molecule has 2 N–H and O–H groups in total. The summed E-state index contributed by atoms with van der Waals surface area (Å²) in [5, 5.41) is 22.1. The summed E-state index contributed by atoms with van der Waals surface area (Å²) < 4.78 is 6.78. The van der Waals surface area contributed by atoms with E-state index >= 15 is 0 Å². The van der Waals surface area contributed by atoms with Gasteiger partial charge in [0.25, 0.3) is 0 Å². The van der Waals surface area contributed by atoms with Crippen LogP contribution < -0.4 is 10.6 Å². The van der Waals surface area contributed by atoms with Crippen LogP contribution in [0.4, 0.5) is 11.6 Å². The normalized spacial score (nSPS) is 15.1. The highest BCUT2D eigenvalue weighted by Gasteiger charge is 2.22. The largest absolute Gasteiger partial charge is 0.383 e. The first-order chi connectivity index (χ1) is 8.77. The van der Waals surface area contributed by atoms with Crippen LogP contribution in [0.15, 0.2) is 0 Å². The Hall–Kier alpha value is -2.25. The van der Waals surface area contributed by atoms with Gasteiger partial charge in [0.05, 0.1) is 32.2 Å². The molecule has 1 aliphatic heterocycles. The number of nitrogens with zero attached hydrogens (tertiary/aromatic N) is 5. The summed E-state index contributed by atoms with van der Waals surface area (Å²) in [5.74, 6) is 0.922. The van der Waals surface area contributed by atoms with Gasteiger partial charge in [0, 0.05) is 13.1 Å². The molecule has 2 heterocycles. The van der Waals surface area contributed by atoms with E-state index in [9.17, 15) is 0 Å². The molecule has 0 atom stereocenters. The van der Waals surface area contributed by atoms with Crippen LogP contribution in [0.25, 0.3) is 0 Å². The summed E-state index contributed by atoms with van der Waals surface area (Å²) in [6, 6.07) is 4.12. The number of nitrogen functional groups attached to an aromatic ring is 1. The molecule has 0 bridgehead atoms. The SMILES string of the molecule is N#CCCn1nc(N2CCOCC2)c(C#N)c1N. The number of nitrogens with two attached hydrogens (primary N) is 1. The average Bonchev–Trinajstić information content (AvgIpc) is 2.74. The Balaban J connectivity index is 2.29. The topological polar surface area (TPSA) is 104 Å². The molecule has 7 nitrogen and oxygen atoms in total. The summed E-state index contributed by atoms with van der Waals surface area (Å²) in [5.41, 5.74) is 6.26. The smallest absolute Gasteiger partial charge is 0.171 e. The molecule has 0 aliphatic carbocycles. The van der Waals surface area contributed by atoms with Gasteiger partial charge < -0.3 is 15.4 Å². The summed E-state index contributed by atoms with van der Waals surface area (Å²) in [4.78, 5) is 1.99. The Morgan fingerprint density at radius 2 is 2.06 bits per heavy atom. The molecular formula is C11H14N6O. The fourth-order valence-corrected chi connectivity index (χ4v) is 1.89. The molecule has 1 saturated heterocycles. The van der Waals surface area contributed by atoms with Crippen LogP contribution in [-0.2, 0) is 11.3 Å². The third-order valence-electron chi connectivity index (χ3n) is 2.83. The molecule has 0 amide bonds. The van der Waals surface area contributed by atoms with Crippen LogP contribution in [0.3, 0.4) is 0 Å². The van der Waals surface area contributed by atoms with E-state index in [1.807, 2.05) is 11.0 Å². The third-order valence-corrected chi connectivity index (χ3v) is 2.83. The molecule has 0 saturated carbocycles. The Labute approximate surface area is 105 Å². The van der Waals surface area contributed by atoms with Crippen molar-refractivity contribution in [3.05, 3.63) is 5.56 Å². The van der Waals surface area contributed by atoms with Crippen molar-refractivity contribution in [1.29, 1.82) is 10.5 Å². The summed E-state index contributed by atoms with van der Waals surface area (Å²) in [6.45, 7) is 3.04. The number of anilines is 2. The molecule has 94 valence electrons. The van der Waals surface area contributed by atoms with Crippen LogP contribution in [-0.4, -0.2) is 36.1 Å². The number of hydrogen-bond donors (Lipinski definition) is 1. The van der Waals surface area contributed by atoms with Gasteiger partial charge in [0.1, 0.15) is 17.5 Å². The monoisotopic (exact) mass is 246 g/mol. The van der Waals surface area contributed by atoms with E-state index in [1.54, 1.807) is 0 Å². The standard InChI is InChI=1S/C11H14N6O/c12-2-1-3-17-10(14)9(8-13)11(15-17)16-4-6-18-7-5-16/h1,3-7,14H2. The van der Waals surface area contributed by atoms with E-state index in [-0.39, 0.29) is 0 Å². The second-order valence-electron chi connectivity index (χ2n) is 3.93. The Morgan fingerprint density at radius 3 is 2.67 bits per heavy atom. The van der Waals surface area contributed by atoms with Gasteiger partial charge in [-0.1, -0.05) is 0 Å². The maximum absolute atomic E-state index is 9.16. The molecule has 1 aromatic rings. The van der Waals surface area contributed by atoms with Crippen molar-refractivity contribution in [2.24, 2.45) is 0 Å². The van der Waals surface area contributed by atoms with E-state index in [2.05, 4.69) is 11.2 Å². The van der Waals surface area contributed by atoms with Gasteiger partial charge in [-0.2, -0.15) is 15.6 Å².